The van der Waals surface area contributed by atoms with E-state index in [0.29, 0.717) is 5.92 Å². The first-order valence-corrected chi connectivity index (χ1v) is 7.19. The van der Waals surface area contributed by atoms with Crippen LogP contribution in [0.3, 0.4) is 0 Å². The number of hydrogen-bond acceptors (Lipinski definition) is 4. The molecule has 1 fully saturated rings. The van der Waals surface area contributed by atoms with E-state index in [9.17, 15) is 9.90 Å². The number of hydrogen-bond donors (Lipinski definition) is 2. The normalized spacial score (nSPS) is 17.9. The highest BCUT2D eigenvalue weighted by atomic mass is 16.3. The van der Waals surface area contributed by atoms with Crippen LogP contribution in [-0.4, -0.2) is 35.6 Å². The van der Waals surface area contributed by atoms with Crippen LogP contribution in [0.1, 0.15) is 38.4 Å². The first-order chi connectivity index (χ1) is 9.56. The monoisotopic (exact) mass is 277 g/mol. The Hall–Kier alpha value is -1.62. The maximum absolute atomic E-state index is 10.9. The van der Waals surface area contributed by atoms with Gasteiger partial charge in [0.2, 0.25) is 5.91 Å². The van der Waals surface area contributed by atoms with Crippen LogP contribution >= 0.6 is 0 Å². The zero-order chi connectivity index (χ0) is 14.5. The molecule has 1 saturated heterocycles. The Balaban J connectivity index is 1.90. The zero-order valence-electron chi connectivity index (χ0n) is 12.2. The van der Waals surface area contributed by atoms with Gasteiger partial charge in [0, 0.05) is 32.8 Å². The third kappa shape index (κ3) is 3.93. The van der Waals surface area contributed by atoms with Crippen LogP contribution < -0.4 is 10.2 Å². The molecule has 0 bridgehead atoms. The summed E-state index contributed by atoms with van der Waals surface area (Å²) in [6.07, 6.45) is 3.40. The average molecular weight is 277 g/mol. The first kappa shape index (κ1) is 14.8. The van der Waals surface area contributed by atoms with E-state index in [1.165, 1.54) is 0 Å². The van der Waals surface area contributed by atoms with Gasteiger partial charge in [-0.25, -0.2) is 4.98 Å². The number of pyridine rings is 1. The van der Waals surface area contributed by atoms with Crippen LogP contribution in [0.5, 0.6) is 0 Å². The summed E-state index contributed by atoms with van der Waals surface area (Å²) >= 11 is 0. The summed E-state index contributed by atoms with van der Waals surface area (Å²) in [5.41, 5.74) is 0.898. The summed E-state index contributed by atoms with van der Waals surface area (Å²) in [6.45, 7) is 5.98. The molecule has 2 rings (SSSR count). The molecule has 1 atom stereocenters. The molecule has 1 aromatic rings. The van der Waals surface area contributed by atoms with Crippen LogP contribution in [0.2, 0.25) is 0 Å². The van der Waals surface area contributed by atoms with Gasteiger partial charge in [0.05, 0.1) is 6.10 Å². The number of carbonyl (C=O) groups excluding carboxylic acids is 1. The number of nitrogens with one attached hydrogen (secondary N) is 1. The minimum atomic E-state index is -0.464. The smallest absolute Gasteiger partial charge is 0.216 e. The molecule has 0 unspecified atom stereocenters. The quantitative estimate of drug-likeness (QED) is 0.875. The molecule has 5 heteroatoms. The maximum atomic E-state index is 10.9. The van der Waals surface area contributed by atoms with Gasteiger partial charge < -0.3 is 15.3 Å². The third-order valence-electron chi connectivity index (χ3n) is 3.83. The summed E-state index contributed by atoms with van der Waals surface area (Å²) in [7, 11) is 0. The molecule has 0 saturated carbocycles. The van der Waals surface area contributed by atoms with E-state index in [1.807, 2.05) is 12.1 Å². The number of anilines is 1. The molecule has 0 spiro atoms. The summed E-state index contributed by atoms with van der Waals surface area (Å²) in [6, 6.07) is 3.80. The van der Waals surface area contributed by atoms with E-state index >= 15 is 0 Å². The van der Waals surface area contributed by atoms with Gasteiger partial charge in [-0.2, -0.15) is 0 Å². The predicted molar refractivity (Wildman–Crippen MR) is 78.5 cm³/mol. The molecule has 5 nitrogen and oxygen atoms in total. The lowest BCUT2D eigenvalue weighted by molar-refractivity contribution is -0.119. The number of rotatable bonds is 4. The minimum Gasteiger partial charge on any atom is -0.389 e. The molecule has 20 heavy (non-hydrogen) atoms. The molecule has 1 aliphatic heterocycles. The fourth-order valence-electron chi connectivity index (χ4n) is 2.52. The van der Waals surface area contributed by atoms with Crippen LogP contribution in [0.15, 0.2) is 18.3 Å². The fourth-order valence-corrected chi connectivity index (χ4v) is 2.52. The number of carbonyl (C=O) groups is 1. The Morgan fingerprint density at radius 2 is 2.25 bits per heavy atom. The SMILES string of the molecule is CC(=O)NCC1CCN(c2cc([C@@H](C)O)ccn2)CC1. The van der Waals surface area contributed by atoms with Gasteiger partial charge >= 0.3 is 0 Å². The van der Waals surface area contributed by atoms with Crippen LogP contribution in [0.25, 0.3) is 0 Å². The van der Waals surface area contributed by atoms with Crippen molar-refractivity contribution in [1.29, 1.82) is 0 Å². The van der Waals surface area contributed by atoms with Gasteiger partial charge in [-0.1, -0.05) is 0 Å². The van der Waals surface area contributed by atoms with Gasteiger partial charge in [0.25, 0.3) is 0 Å². The number of amides is 1. The number of piperidine rings is 1. The Bertz CT molecular complexity index is 454. The highest BCUT2D eigenvalue weighted by molar-refractivity contribution is 5.72. The van der Waals surface area contributed by atoms with Gasteiger partial charge in [-0.3, -0.25) is 4.79 Å². The van der Waals surface area contributed by atoms with E-state index in [-0.39, 0.29) is 5.91 Å². The van der Waals surface area contributed by atoms with Crippen molar-refractivity contribution in [2.45, 2.75) is 32.8 Å². The molecule has 110 valence electrons. The number of aliphatic hydroxyl groups excluding tert-OH is 1. The molecule has 1 amide bonds. The van der Waals surface area contributed by atoms with Gasteiger partial charge in [-0.15, -0.1) is 0 Å². The minimum absolute atomic E-state index is 0.0405. The average Bonchev–Trinajstić information content (AvgIpc) is 2.46. The lowest BCUT2D eigenvalue weighted by Crippen LogP contribution is -2.38. The Labute approximate surface area is 120 Å². The lowest BCUT2D eigenvalue weighted by atomic mass is 9.96. The second kappa shape index (κ2) is 6.70. The molecular formula is C15H23N3O2. The molecule has 1 aromatic heterocycles. The third-order valence-corrected chi connectivity index (χ3v) is 3.83. The number of nitrogens with zero attached hydrogens (tertiary/aromatic N) is 2. The van der Waals surface area contributed by atoms with Crippen molar-refractivity contribution in [3.05, 3.63) is 23.9 Å². The lowest BCUT2D eigenvalue weighted by Gasteiger charge is -2.33. The van der Waals surface area contributed by atoms with E-state index in [4.69, 9.17) is 0 Å². The number of aromatic nitrogens is 1. The highest BCUT2D eigenvalue weighted by Crippen LogP contribution is 2.23. The van der Waals surface area contributed by atoms with E-state index in [1.54, 1.807) is 20.0 Å². The van der Waals surface area contributed by atoms with Crippen molar-refractivity contribution in [2.75, 3.05) is 24.5 Å². The predicted octanol–water partition coefficient (Wildman–Crippen LogP) is 1.49. The van der Waals surface area contributed by atoms with E-state index in [0.717, 1.165) is 43.9 Å². The van der Waals surface area contributed by atoms with E-state index in [2.05, 4.69) is 15.2 Å². The van der Waals surface area contributed by atoms with Crippen molar-refractivity contribution >= 4 is 11.7 Å². The Morgan fingerprint density at radius 3 is 2.85 bits per heavy atom. The second-order valence-corrected chi connectivity index (χ2v) is 5.49. The molecule has 0 aliphatic carbocycles. The maximum Gasteiger partial charge on any atom is 0.216 e. The summed E-state index contributed by atoms with van der Waals surface area (Å²) in [4.78, 5) is 17.6. The van der Waals surface area contributed by atoms with Crippen LogP contribution in [-0.2, 0) is 4.79 Å². The summed E-state index contributed by atoms with van der Waals surface area (Å²) in [5.74, 6) is 1.52. The first-order valence-electron chi connectivity index (χ1n) is 7.19. The molecule has 0 aromatic carbocycles. The molecule has 2 heterocycles. The molecule has 0 radical (unpaired) electrons. The van der Waals surface area contributed by atoms with E-state index < -0.39 is 6.10 Å². The molecule has 1 aliphatic rings. The summed E-state index contributed by atoms with van der Waals surface area (Å²) < 4.78 is 0. The van der Waals surface area contributed by atoms with Crippen LogP contribution in [0.4, 0.5) is 5.82 Å². The molecule has 2 N–H and O–H groups in total. The van der Waals surface area contributed by atoms with Crippen molar-refractivity contribution in [1.82, 2.24) is 10.3 Å². The fraction of sp³-hybridized carbons (Fsp3) is 0.600. The largest absolute Gasteiger partial charge is 0.389 e. The number of aliphatic hydroxyl groups is 1. The van der Waals surface area contributed by atoms with Gasteiger partial charge in [0.1, 0.15) is 5.82 Å². The van der Waals surface area contributed by atoms with Crippen molar-refractivity contribution in [3.63, 3.8) is 0 Å². The Kier molecular flexibility index (Phi) is 4.95. The Morgan fingerprint density at radius 1 is 1.55 bits per heavy atom. The standard InChI is InChI=1S/C15H23N3O2/c1-11(19)14-3-6-16-15(9-14)18-7-4-13(5-8-18)10-17-12(2)20/h3,6,9,11,13,19H,4-5,7-8,10H2,1-2H3,(H,17,20)/t11-/m1/s1. The van der Waals surface area contributed by atoms with Gasteiger partial charge in [-0.05, 0) is 43.4 Å². The van der Waals surface area contributed by atoms with Crippen molar-refractivity contribution < 1.29 is 9.90 Å². The second-order valence-electron chi connectivity index (χ2n) is 5.49. The van der Waals surface area contributed by atoms with Crippen LogP contribution in [0, 0.1) is 5.92 Å². The topological polar surface area (TPSA) is 65.5 Å². The highest BCUT2D eigenvalue weighted by Gasteiger charge is 2.20. The summed E-state index contributed by atoms with van der Waals surface area (Å²) in [5, 5.41) is 12.5. The zero-order valence-corrected chi connectivity index (χ0v) is 12.2. The molecular weight excluding hydrogens is 254 g/mol. The van der Waals surface area contributed by atoms with Crippen molar-refractivity contribution in [2.24, 2.45) is 5.92 Å². The van der Waals surface area contributed by atoms with Gasteiger partial charge in [0.15, 0.2) is 0 Å². The van der Waals surface area contributed by atoms with Crippen molar-refractivity contribution in [3.8, 4) is 0 Å².